The lowest BCUT2D eigenvalue weighted by atomic mass is 10.1. The molecule has 1 aliphatic rings. The summed E-state index contributed by atoms with van der Waals surface area (Å²) in [5.74, 6) is 0.0728. The Morgan fingerprint density at radius 3 is 3.06 bits per heavy atom. The summed E-state index contributed by atoms with van der Waals surface area (Å²) >= 11 is 0. The normalized spacial score (nSPS) is 22.1. The molecule has 5 nitrogen and oxygen atoms in total. The summed E-state index contributed by atoms with van der Waals surface area (Å²) in [6.07, 6.45) is 3.52. The molecule has 0 aromatic heterocycles. The fourth-order valence-electron chi connectivity index (χ4n) is 2.45. The second kappa shape index (κ2) is 8.45. The second-order valence-corrected chi connectivity index (χ2v) is 5.05. The lowest BCUT2D eigenvalue weighted by Gasteiger charge is -2.24. The quantitative estimate of drug-likeness (QED) is 0.618. The predicted octanol–water partition coefficient (Wildman–Crippen LogP) is 0.374. The number of aliphatic hydroxyl groups excluding tert-OH is 1. The molecule has 0 aliphatic carbocycles. The number of hydrogen-bond donors (Lipinski definition) is 2. The zero-order valence-electron chi connectivity index (χ0n) is 11.5. The minimum Gasteiger partial charge on any atom is -0.393 e. The van der Waals surface area contributed by atoms with Gasteiger partial charge in [0.25, 0.3) is 0 Å². The predicted molar refractivity (Wildman–Crippen MR) is 70.4 cm³/mol. The summed E-state index contributed by atoms with van der Waals surface area (Å²) < 4.78 is 4.93. The van der Waals surface area contributed by atoms with E-state index in [4.69, 9.17) is 4.74 Å². The highest BCUT2D eigenvalue weighted by atomic mass is 16.5. The van der Waals surface area contributed by atoms with Crippen LogP contribution in [0.1, 0.15) is 32.6 Å². The molecule has 18 heavy (non-hydrogen) atoms. The number of carbonyl (C=O) groups excluding carboxylic acids is 1. The van der Waals surface area contributed by atoms with Crippen LogP contribution in [0.4, 0.5) is 0 Å². The molecule has 0 saturated carbocycles. The van der Waals surface area contributed by atoms with E-state index in [0.29, 0.717) is 25.7 Å². The molecular weight excluding hydrogens is 232 g/mol. The average molecular weight is 258 g/mol. The molecule has 1 amide bonds. The third-order valence-corrected chi connectivity index (χ3v) is 3.31. The summed E-state index contributed by atoms with van der Waals surface area (Å²) in [5.41, 5.74) is 0. The third kappa shape index (κ3) is 5.80. The Kier molecular flexibility index (Phi) is 7.23. The molecule has 1 aliphatic heterocycles. The number of methoxy groups -OCH3 is 1. The monoisotopic (exact) mass is 258 g/mol. The van der Waals surface area contributed by atoms with Crippen molar-refractivity contribution in [3.8, 4) is 0 Å². The van der Waals surface area contributed by atoms with Crippen molar-refractivity contribution in [3.63, 3.8) is 0 Å². The van der Waals surface area contributed by atoms with Crippen LogP contribution >= 0.6 is 0 Å². The van der Waals surface area contributed by atoms with E-state index in [1.807, 2.05) is 0 Å². The van der Waals surface area contributed by atoms with Gasteiger partial charge in [0.1, 0.15) is 0 Å². The van der Waals surface area contributed by atoms with Gasteiger partial charge in [-0.2, -0.15) is 0 Å². The van der Waals surface area contributed by atoms with Crippen molar-refractivity contribution in [1.82, 2.24) is 10.2 Å². The van der Waals surface area contributed by atoms with Crippen molar-refractivity contribution in [2.75, 3.05) is 33.4 Å². The molecule has 1 saturated heterocycles. The number of rotatable bonds is 8. The van der Waals surface area contributed by atoms with E-state index in [9.17, 15) is 9.90 Å². The van der Waals surface area contributed by atoms with Gasteiger partial charge in [0.05, 0.1) is 12.6 Å². The van der Waals surface area contributed by atoms with Crippen molar-refractivity contribution < 1.29 is 14.6 Å². The van der Waals surface area contributed by atoms with Crippen LogP contribution in [0.25, 0.3) is 0 Å². The molecule has 0 aromatic carbocycles. The lowest BCUT2D eigenvalue weighted by molar-refractivity contribution is -0.122. The number of aliphatic hydroxyl groups is 1. The number of nitrogens with one attached hydrogen (secondary N) is 1. The van der Waals surface area contributed by atoms with Crippen molar-refractivity contribution in [1.29, 1.82) is 0 Å². The van der Waals surface area contributed by atoms with Crippen LogP contribution in [0.15, 0.2) is 0 Å². The number of carbonyl (C=O) groups is 1. The molecule has 0 spiro atoms. The molecule has 0 bridgehead atoms. The molecule has 0 radical (unpaired) electrons. The highest BCUT2D eigenvalue weighted by molar-refractivity contribution is 5.78. The van der Waals surface area contributed by atoms with Gasteiger partial charge in [0, 0.05) is 26.3 Å². The fraction of sp³-hybridized carbons (Fsp3) is 0.923. The number of nitrogens with zero attached hydrogens (tertiary/aromatic N) is 1. The lowest BCUT2D eigenvalue weighted by Crippen LogP contribution is -2.41. The minimum absolute atomic E-state index is 0.0728. The van der Waals surface area contributed by atoms with Gasteiger partial charge in [-0.05, 0) is 39.2 Å². The van der Waals surface area contributed by atoms with Crippen LogP contribution in [-0.4, -0.2) is 61.4 Å². The molecule has 0 aromatic rings. The Balaban J connectivity index is 2.21. The summed E-state index contributed by atoms with van der Waals surface area (Å²) in [6.45, 7) is 4.56. The molecule has 5 heteroatoms. The van der Waals surface area contributed by atoms with Gasteiger partial charge in [0.2, 0.25) is 5.91 Å². The highest BCUT2D eigenvalue weighted by Gasteiger charge is 2.26. The number of ether oxygens (including phenoxy) is 1. The first-order chi connectivity index (χ1) is 8.63. The molecule has 106 valence electrons. The summed E-state index contributed by atoms with van der Waals surface area (Å²) in [6, 6.07) is 0.356. The maximum Gasteiger partial charge on any atom is 0.234 e. The molecule has 1 fully saturated rings. The Morgan fingerprint density at radius 2 is 2.39 bits per heavy atom. The Hall–Kier alpha value is -0.650. The van der Waals surface area contributed by atoms with E-state index >= 15 is 0 Å². The first-order valence-corrected chi connectivity index (χ1v) is 6.81. The van der Waals surface area contributed by atoms with E-state index < -0.39 is 0 Å². The summed E-state index contributed by atoms with van der Waals surface area (Å²) in [4.78, 5) is 13.9. The average Bonchev–Trinajstić information content (AvgIpc) is 2.71. The molecular formula is C13H26N2O3. The van der Waals surface area contributed by atoms with Gasteiger partial charge in [-0.15, -0.1) is 0 Å². The van der Waals surface area contributed by atoms with Gasteiger partial charge in [0.15, 0.2) is 0 Å². The van der Waals surface area contributed by atoms with Gasteiger partial charge < -0.3 is 15.2 Å². The van der Waals surface area contributed by atoms with Crippen LogP contribution < -0.4 is 5.32 Å². The number of hydrogen-bond acceptors (Lipinski definition) is 4. The van der Waals surface area contributed by atoms with Gasteiger partial charge in [-0.1, -0.05) is 0 Å². The Labute approximate surface area is 109 Å². The van der Waals surface area contributed by atoms with Gasteiger partial charge >= 0.3 is 0 Å². The van der Waals surface area contributed by atoms with E-state index in [0.717, 1.165) is 32.2 Å². The van der Waals surface area contributed by atoms with E-state index in [2.05, 4.69) is 10.2 Å². The SMILES string of the molecule is COCCCNC(=O)CN1CCCC1CC(C)O. The summed E-state index contributed by atoms with van der Waals surface area (Å²) in [7, 11) is 1.66. The first-order valence-electron chi connectivity index (χ1n) is 6.81. The molecule has 2 unspecified atom stereocenters. The largest absolute Gasteiger partial charge is 0.393 e. The van der Waals surface area contributed by atoms with Crippen LogP contribution in [0, 0.1) is 0 Å². The smallest absolute Gasteiger partial charge is 0.234 e. The van der Waals surface area contributed by atoms with Gasteiger partial charge in [-0.25, -0.2) is 0 Å². The van der Waals surface area contributed by atoms with Gasteiger partial charge in [-0.3, -0.25) is 9.69 Å². The zero-order valence-corrected chi connectivity index (χ0v) is 11.5. The second-order valence-electron chi connectivity index (χ2n) is 5.05. The molecule has 1 heterocycles. The third-order valence-electron chi connectivity index (χ3n) is 3.31. The van der Waals surface area contributed by atoms with E-state index in [1.165, 1.54) is 0 Å². The zero-order chi connectivity index (χ0) is 13.4. The first kappa shape index (κ1) is 15.4. The Bertz CT molecular complexity index is 246. The van der Waals surface area contributed by atoms with Crippen LogP contribution in [0.5, 0.6) is 0 Å². The fourth-order valence-corrected chi connectivity index (χ4v) is 2.45. The molecule has 1 rings (SSSR count). The van der Waals surface area contributed by atoms with Crippen molar-refractivity contribution in [2.45, 2.75) is 44.8 Å². The van der Waals surface area contributed by atoms with Crippen molar-refractivity contribution in [2.24, 2.45) is 0 Å². The number of amides is 1. The topological polar surface area (TPSA) is 61.8 Å². The van der Waals surface area contributed by atoms with Crippen LogP contribution in [0.2, 0.25) is 0 Å². The summed E-state index contributed by atoms with van der Waals surface area (Å²) in [5, 5.41) is 12.3. The van der Waals surface area contributed by atoms with E-state index in [-0.39, 0.29) is 12.0 Å². The highest BCUT2D eigenvalue weighted by Crippen LogP contribution is 2.20. The Morgan fingerprint density at radius 1 is 1.61 bits per heavy atom. The van der Waals surface area contributed by atoms with Crippen molar-refractivity contribution >= 4 is 5.91 Å². The van der Waals surface area contributed by atoms with Crippen LogP contribution in [0.3, 0.4) is 0 Å². The maximum atomic E-state index is 11.7. The molecule has 2 N–H and O–H groups in total. The number of likely N-dealkylation sites (tertiary alicyclic amines) is 1. The molecule has 2 atom stereocenters. The minimum atomic E-state index is -0.291. The standard InChI is InChI=1S/C13H26N2O3/c1-11(16)9-12-5-3-7-15(12)10-13(17)14-6-4-8-18-2/h11-12,16H,3-10H2,1-2H3,(H,14,17). The van der Waals surface area contributed by atoms with Crippen molar-refractivity contribution in [3.05, 3.63) is 0 Å². The maximum absolute atomic E-state index is 11.7. The van der Waals surface area contributed by atoms with E-state index in [1.54, 1.807) is 14.0 Å². The van der Waals surface area contributed by atoms with Crippen LogP contribution in [-0.2, 0) is 9.53 Å².